The van der Waals surface area contributed by atoms with E-state index in [9.17, 15) is 14.0 Å². The van der Waals surface area contributed by atoms with Crippen LogP contribution in [-0.2, 0) is 22.5 Å². The smallest absolute Gasteiger partial charge is 0.338 e. The maximum absolute atomic E-state index is 13.0. The average Bonchev–Trinajstić information content (AvgIpc) is 2.68. The number of halogens is 1. The van der Waals surface area contributed by atoms with Crippen molar-refractivity contribution in [1.29, 1.82) is 0 Å². The van der Waals surface area contributed by atoms with Gasteiger partial charge in [-0.3, -0.25) is 4.79 Å². The van der Waals surface area contributed by atoms with Crippen LogP contribution in [0, 0.1) is 5.82 Å². The van der Waals surface area contributed by atoms with Crippen molar-refractivity contribution in [3.05, 3.63) is 65.0 Å². The minimum absolute atomic E-state index is 0.0318. The van der Waals surface area contributed by atoms with Crippen molar-refractivity contribution >= 4 is 17.6 Å². The molecule has 2 aromatic carbocycles. The number of rotatable bonds is 5. The van der Waals surface area contributed by atoms with Gasteiger partial charge in [-0.2, -0.15) is 0 Å². The van der Waals surface area contributed by atoms with Gasteiger partial charge in [0.1, 0.15) is 5.82 Å². The van der Waals surface area contributed by atoms with Crippen LogP contribution in [0.15, 0.2) is 42.5 Å². The van der Waals surface area contributed by atoms with Gasteiger partial charge in [0.15, 0.2) is 0 Å². The Morgan fingerprint density at radius 3 is 2.63 bits per heavy atom. The fraction of sp³-hybridized carbons (Fsp3) is 0.333. The zero-order chi connectivity index (χ0) is 19.4. The van der Waals surface area contributed by atoms with E-state index < -0.39 is 0 Å². The van der Waals surface area contributed by atoms with Gasteiger partial charge in [0.25, 0.3) is 0 Å². The Hall–Kier alpha value is -2.89. The third kappa shape index (κ3) is 4.27. The predicted molar refractivity (Wildman–Crippen MR) is 101 cm³/mol. The van der Waals surface area contributed by atoms with E-state index in [0.717, 1.165) is 36.2 Å². The predicted octanol–water partition coefficient (Wildman–Crippen LogP) is 3.02. The quantitative estimate of drug-likeness (QED) is 0.759. The maximum atomic E-state index is 13.0. The number of carbonyl (C=O) groups is 2. The molecule has 0 spiro atoms. The fourth-order valence-electron chi connectivity index (χ4n) is 3.40. The minimum Gasteiger partial charge on any atom is -0.465 e. The number of hydrogen-bond donors (Lipinski definition) is 0. The number of benzene rings is 2. The van der Waals surface area contributed by atoms with E-state index in [1.165, 1.54) is 19.2 Å². The number of anilines is 1. The van der Waals surface area contributed by atoms with Crippen molar-refractivity contribution < 1.29 is 18.7 Å². The largest absolute Gasteiger partial charge is 0.465 e. The van der Waals surface area contributed by atoms with Crippen molar-refractivity contribution in [2.45, 2.75) is 19.4 Å². The molecule has 0 N–H and O–H groups in total. The summed E-state index contributed by atoms with van der Waals surface area (Å²) in [6, 6.07) is 11.7. The van der Waals surface area contributed by atoms with Gasteiger partial charge in [0.05, 0.1) is 19.2 Å². The van der Waals surface area contributed by atoms with E-state index in [1.54, 1.807) is 30.1 Å². The highest BCUT2D eigenvalue weighted by Gasteiger charge is 2.24. The summed E-state index contributed by atoms with van der Waals surface area (Å²) >= 11 is 0. The number of amides is 1. The summed E-state index contributed by atoms with van der Waals surface area (Å²) < 4.78 is 17.9. The summed E-state index contributed by atoms with van der Waals surface area (Å²) in [4.78, 5) is 28.3. The molecule has 2 aromatic rings. The highest BCUT2D eigenvalue weighted by atomic mass is 19.1. The Morgan fingerprint density at radius 1 is 1.19 bits per heavy atom. The second-order valence-electron chi connectivity index (χ2n) is 6.70. The molecule has 1 heterocycles. The Kier molecular flexibility index (Phi) is 5.74. The lowest BCUT2D eigenvalue weighted by Gasteiger charge is -2.33. The number of esters is 1. The Labute approximate surface area is 158 Å². The van der Waals surface area contributed by atoms with Gasteiger partial charge in [0.2, 0.25) is 5.91 Å². The zero-order valence-electron chi connectivity index (χ0n) is 15.6. The highest BCUT2D eigenvalue weighted by Crippen LogP contribution is 2.30. The fourth-order valence-corrected chi connectivity index (χ4v) is 3.40. The summed E-state index contributed by atoms with van der Waals surface area (Å²) in [5.74, 6) is -0.678. The normalized spacial score (nSPS) is 13.1. The summed E-state index contributed by atoms with van der Waals surface area (Å²) in [5.41, 5.74) is 3.28. The molecule has 142 valence electrons. The molecular weight excluding hydrogens is 347 g/mol. The topological polar surface area (TPSA) is 49.9 Å². The average molecular weight is 370 g/mol. The van der Waals surface area contributed by atoms with Gasteiger partial charge >= 0.3 is 5.97 Å². The number of fused-ring (bicyclic) bond motifs is 1. The molecule has 27 heavy (non-hydrogen) atoms. The van der Waals surface area contributed by atoms with Gasteiger partial charge in [-0.1, -0.05) is 18.2 Å². The molecule has 0 aliphatic carbocycles. The standard InChI is InChI=1S/C21H23FN2O3/c1-23(13-15-8-10-16(22)11-9-15)20(25)14-24-12-4-6-17-18(21(26)27-2)5-3-7-19(17)24/h3,5,7-11H,4,6,12-14H2,1-2H3. The van der Waals surface area contributed by atoms with E-state index in [0.29, 0.717) is 12.1 Å². The van der Waals surface area contributed by atoms with Crippen LogP contribution in [0.4, 0.5) is 10.1 Å². The van der Waals surface area contributed by atoms with Gasteiger partial charge in [0, 0.05) is 25.8 Å². The monoisotopic (exact) mass is 370 g/mol. The molecule has 1 amide bonds. The first kappa shape index (κ1) is 18.9. The molecule has 0 radical (unpaired) electrons. The van der Waals surface area contributed by atoms with E-state index >= 15 is 0 Å². The number of ether oxygens (including phenoxy) is 1. The zero-order valence-corrected chi connectivity index (χ0v) is 15.6. The van der Waals surface area contributed by atoms with Crippen LogP contribution in [-0.4, -0.2) is 44.0 Å². The molecule has 1 aliphatic rings. The Morgan fingerprint density at radius 2 is 1.93 bits per heavy atom. The summed E-state index contributed by atoms with van der Waals surface area (Å²) in [5, 5.41) is 0. The SMILES string of the molecule is COC(=O)c1cccc2c1CCCN2CC(=O)N(C)Cc1ccc(F)cc1. The molecule has 6 heteroatoms. The van der Waals surface area contributed by atoms with E-state index in [4.69, 9.17) is 4.74 Å². The lowest BCUT2D eigenvalue weighted by molar-refractivity contribution is -0.129. The van der Waals surface area contributed by atoms with Crippen LogP contribution >= 0.6 is 0 Å². The Bertz CT molecular complexity index is 836. The minimum atomic E-state index is -0.353. The lowest BCUT2D eigenvalue weighted by Crippen LogP contribution is -2.40. The molecule has 0 bridgehead atoms. The first-order valence-electron chi connectivity index (χ1n) is 8.93. The van der Waals surface area contributed by atoms with Gasteiger partial charge < -0.3 is 14.5 Å². The highest BCUT2D eigenvalue weighted by molar-refractivity contribution is 5.93. The van der Waals surface area contributed by atoms with Crippen LogP contribution in [0.3, 0.4) is 0 Å². The van der Waals surface area contributed by atoms with E-state index in [1.807, 2.05) is 17.0 Å². The second-order valence-corrected chi connectivity index (χ2v) is 6.70. The molecule has 0 aromatic heterocycles. The molecule has 0 saturated carbocycles. The second kappa shape index (κ2) is 8.20. The van der Waals surface area contributed by atoms with Crippen LogP contribution < -0.4 is 4.90 Å². The molecule has 0 unspecified atom stereocenters. The van der Waals surface area contributed by atoms with E-state index in [-0.39, 0.29) is 24.2 Å². The number of likely N-dealkylation sites (N-methyl/N-ethyl adjacent to an activating group) is 1. The molecule has 0 saturated heterocycles. The summed E-state index contributed by atoms with van der Waals surface area (Å²) in [6.45, 7) is 1.41. The number of hydrogen-bond acceptors (Lipinski definition) is 4. The van der Waals surface area contributed by atoms with Crippen LogP contribution in [0.1, 0.15) is 27.9 Å². The third-order valence-corrected chi connectivity index (χ3v) is 4.84. The lowest BCUT2D eigenvalue weighted by atomic mass is 9.96. The van der Waals surface area contributed by atoms with Crippen LogP contribution in [0.25, 0.3) is 0 Å². The molecule has 1 aliphatic heterocycles. The van der Waals surface area contributed by atoms with Crippen LogP contribution in [0.2, 0.25) is 0 Å². The van der Waals surface area contributed by atoms with Crippen molar-refractivity contribution in [1.82, 2.24) is 4.90 Å². The first-order valence-corrected chi connectivity index (χ1v) is 8.93. The molecule has 5 nitrogen and oxygen atoms in total. The van der Waals surface area contributed by atoms with Gasteiger partial charge in [-0.15, -0.1) is 0 Å². The third-order valence-electron chi connectivity index (χ3n) is 4.84. The Balaban J connectivity index is 1.72. The van der Waals surface area contributed by atoms with Crippen molar-refractivity contribution in [2.24, 2.45) is 0 Å². The molecular formula is C21H23FN2O3. The van der Waals surface area contributed by atoms with Crippen molar-refractivity contribution in [3.8, 4) is 0 Å². The summed E-state index contributed by atoms with van der Waals surface area (Å²) in [6.07, 6.45) is 1.66. The molecule has 0 atom stereocenters. The van der Waals surface area contributed by atoms with Gasteiger partial charge in [-0.25, -0.2) is 9.18 Å². The number of methoxy groups -OCH3 is 1. The molecule has 0 fully saturated rings. The van der Waals surface area contributed by atoms with Crippen molar-refractivity contribution in [2.75, 3.05) is 32.1 Å². The van der Waals surface area contributed by atoms with E-state index in [2.05, 4.69) is 0 Å². The molecule has 3 rings (SSSR count). The first-order chi connectivity index (χ1) is 13.0. The summed E-state index contributed by atoms with van der Waals surface area (Å²) in [7, 11) is 3.11. The van der Waals surface area contributed by atoms with Crippen molar-refractivity contribution in [3.63, 3.8) is 0 Å². The maximum Gasteiger partial charge on any atom is 0.338 e. The van der Waals surface area contributed by atoms with Gasteiger partial charge in [-0.05, 0) is 48.2 Å². The van der Waals surface area contributed by atoms with Crippen LogP contribution in [0.5, 0.6) is 0 Å². The number of carbonyl (C=O) groups excluding carboxylic acids is 2. The number of nitrogens with zero attached hydrogens (tertiary/aromatic N) is 2.